The summed E-state index contributed by atoms with van der Waals surface area (Å²) in [5, 5.41) is 1.05. The number of aromatic nitrogens is 2. The van der Waals surface area contributed by atoms with Crippen molar-refractivity contribution in [3.63, 3.8) is 0 Å². The van der Waals surface area contributed by atoms with Gasteiger partial charge in [0.05, 0.1) is 12.6 Å². The smallest absolute Gasteiger partial charge is 0.144 e. The van der Waals surface area contributed by atoms with Gasteiger partial charge in [0.25, 0.3) is 0 Å². The van der Waals surface area contributed by atoms with Gasteiger partial charge in [-0.3, -0.25) is 0 Å². The second kappa shape index (κ2) is 5.64. The van der Waals surface area contributed by atoms with Crippen LogP contribution < -0.4 is 9.64 Å². The van der Waals surface area contributed by atoms with Crippen LogP contribution in [0.1, 0.15) is 11.4 Å². The zero-order chi connectivity index (χ0) is 15.7. The summed E-state index contributed by atoms with van der Waals surface area (Å²) in [4.78, 5) is 11.3. The highest BCUT2D eigenvalue weighted by atomic mass is 16.5. The number of fused-ring (bicyclic) bond motifs is 1. The first-order chi connectivity index (χ1) is 10.6. The number of anilines is 2. The molecule has 0 unspecified atom stereocenters. The maximum absolute atomic E-state index is 5.21. The van der Waals surface area contributed by atoms with Crippen LogP contribution in [0.2, 0.25) is 0 Å². The van der Waals surface area contributed by atoms with E-state index in [1.54, 1.807) is 7.11 Å². The van der Waals surface area contributed by atoms with E-state index in [0.717, 1.165) is 34.0 Å². The molecular formula is C18H19N3O. The third kappa shape index (κ3) is 2.60. The second-order valence-electron chi connectivity index (χ2n) is 5.37. The van der Waals surface area contributed by atoms with E-state index in [1.807, 2.05) is 38.2 Å². The second-order valence-corrected chi connectivity index (χ2v) is 5.37. The maximum Gasteiger partial charge on any atom is 0.144 e. The summed E-state index contributed by atoms with van der Waals surface area (Å²) < 4.78 is 5.21. The first-order valence-corrected chi connectivity index (χ1v) is 7.21. The summed E-state index contributed by atoms with van der Waals surface area (Å²) in [6, 6.07) is 14.2. The molecule has 0 saturated carbocycles. The van der Waals surface area contributed by atoms with Crippen LogP contribution in [0.15, 0.2) is 42.5 Å². The third-order valence-electron chi connectivity index (χ3n) is 3.72. The Morgan fingerprint density at radius 3 is 2.36 bits per heavy atom. The molecule has 0 radical (unpaired) electrons. The molecule has 0 aliphatic carbocycles. The monoisotopic (exact) mass is 293 g/mol. The summed E-state index contributed by atoms with van der Waals surface area (Å²) in [5.74, 6) is 2.53. The van der Waals surface area contributed by atoms with Crippen molar-refractivity contribution in [3.8, 4) is 5.75 Å². The van der Waals surface area contributed by atoms with Crippen molar-refractivity contribution < 1.29 is 4.74 Å². The molecule has 0 saturated heterocycles. The fourth-order valence-corrected chi connectivity index (χ4v) is 2.52. The number of hydrogen-bond acceptors (Lipinski definition) is 4. The summed E-state index contributed by atoms with van der Waals surface area (Å²) >= 11 is 0. The summed E-state index contributed by atoms with van der Waals surface area (Å²) in [7, 11) is 3.69. The van der Waals surface area contributed by atoms with Crippen molar-refractivity contribution in [2.75, 3.05) is 19.1 Å². The van der Waals surface area contributed by atoms with E-state index >= 15 is 0 Å². The molecule has 4 heteroatoms. The van der Waals surface area contributed by atoms with Gasteiger partial charge in [0, 0.05) is 18.1 Å². The Balaban J connectivity index is 2.11. The van der Waals surface area contributed by atoms with Crippen LogP contribution in [0.3, 0.4) is 0 Å². The lowest BCUT2D eigenvalue weighted by Gasteiger charge is -2.20. The predicted octanol–water partition coefficient (Wildman–Crippen LogP) is 4.02. The highest BCUT2D eigenvalue weighted by molar-refractivity contribution is 5.91. The minimum atomic E-state index is 0.772. The molecule has 0 spiro atoms. The number of nitrogens with zero attached hydrogens (tertiary/aromatic N) is 3. The van der Waals surface area contributed by atoms with E-state index in [-0.39, 0.29) is 0 Å². The standard InChI is InChI=1S/C18H19N3O/c1-12-5-10-16-17(11-12)19-13(2)20-18(16)21(3)14-6-8-15(22-4)9-7-14/h5-11H,1-4H3. The Labute approximate surface area is 130 Å². The van der Waals surface area contributed by atoms with Gasteiger partial charge in [-0.15, -0.1) is 0 Å². The van der Waals surface area contributed by atoms with E-state index < -0.39 is 0 Å². The van der Waals surface area contributed by atoms with Crippen molar-refractivity contribution in [3.05, 3.63) is 53.9 Å². The van der Waals surface area contributed by atoms with Crippen LogP contribution >= 0.6 is 0 Å². The van der Waals surface area contributed by atoms with Gasteiger partial charge in [0.1, 0.15) is 17.4 Å². The predicted molar refractivity (Wildman–Crippen MR) is 90.1 cm³/mol. The van der Waals surface area contributed by atoms with Gasteiger partial charge in [-0.25, -0.2) is 9.97 Å². The van der Waals surface area contributed by atoms with Gasteiger partial charge in [0.15, 0.2) is 0 Å². The Hall–Kier alpha value is -2.62. The van der Waals surface area contributed by atoms with Crippen molar-refractivity contribution >= 4 is 22.4 Å². The molecule has 0 aliphatic rings. The lowest BCUT2D eigenvalue weighted by atomic mass is 10.1. The van der Waals surface area contributed by atoms with E-state index in [4.69, 9.17) is 4.74 Å². The average molecular weight is 293 g/mol. The van der Waals surface area contributed by atoms with Crippen molar-refractivity contribution in [1.29, 1.82) is 0 Å². The molecule has 0 N–H and O–H groups in total. The lowest BCUT2D eigenvalue weighted by Crippen LogP contribution is -2.13. The molecule has 0 aliphatic heterocycles. The van der Waals surface area contributed by atoms with E-state index in [2.05, 4.69) is 40.0 Å². The van der Waals surface area contributed by atoms with E-state index in [0.29, 0.717) is 0 Å². The molecule has 3 aromatic rings. The van der Waals surface area contributed by atoms with Gasteiger partial charge >= 0.3 is 0 Å². The normalized spacial score (nSPS) is 10.7. The van der Waals surface area contributed by atoms with Crippen LogP contribution in [0.25, 0.3) is 10.9 Å². The number of rotatable bonds is 3. The fraction of sp³-hybridized carbons (Fsp3) is 0.222. The quantitative estimate of drug-likeness (QED) is 0.731. The summed E-state index contributed by atoms with van der Waals surface area (Å²) in [6.07, 6.45) is 0. The van der Waals surface area contributed by atoms with Gasteiger partial charge in [-0.05, 0) is 55.8 Å². The molecule has 22 heavy (non-hydrogen) atoms. The average Bonchev–Trinajstić information content (AvgIpc) is 2.53. The number of hydrogen-bond donors (Lipinski definition) is 0. The third-order valence-corrected chi connectivity index (χ3v) is 3.72. The van der Waals surface area contributed by atoms with Crippen LogP contribution in [-0.2, 0) is 0 Å². The Morgan fingerprint density at radius 1 is 0.955 bits per heavy atom. The van der Waals surface area contributed by atoms with Gasteiger partial charge in [-0.2, -0.15) is 0 Å². The molecule has 0 fully saturated rings. The number of ether oxygens (including phenoxy) is 1. The van der Waals surface area contributed by atoms with Gasteiger partial charge in [-0.1, -0.05) is 6.07 Å². The molecule has 0 bridgehead atoms. The minimum absolute atomic E-state index is 0.772. The first-order valence-electron chi connectivity index (χ1n) is 7.21. The Kier molecular flexibility index (Phi) is 3.67. The van der Waals surface area contributed by atoms with Gasteiger partial charge in [0.2, 0.25) is 0 Å². The minimum Gasteiger partial charge on any atom is -0.497 e. The molecule has 0 atom stereocenters. The largest absolute Gasteiger partial charge is 0.497 e. The zero-order valence-corrected chi connectivity index (χ0v) is 13.3. The molecule has 1 aromatic heterocycles. The zero-order valence-electron chi connectivity index (χ0n) is 13.3. The van der Waals surface area contributed by atoms with Gasteiger partial charge < -0.3 is 9.64 Å². The van der Waals surface area contributed by atoms with E-state index in [9.17, 15) is 0 Å². The van der Waals surface area contributed by atoms with Crippen LogP contribution in [0, 0.1) is 13.8 Å². The molecule has 4 nitrogen and oxygen atoms in total. The fourth-order valence-electron chi connectivity index (χ4n) is 2.52. The maximum atomic E-state index is 5.21. The molecular weight excluding hydrogens is 274 g/mol. The SMILES string of the molecule is COc1ccc(N(C)c2nc(C)nc3cc(C)ccc23)cc1. The summed E-state index contributed by atoms with van der Waals surface area (Å²) in [6.45, 7) is 4.00. The molecule has 1 heterocycles. The summed E-state index contributed by atoms with van der Waals surface area (Å²) in [5.41, 5.74) is 3.23. The highest BCUT2D eigenvalue weighted by Gasteiger charge is 2.12. The van der Waals surface area contributed by atoms with Crippen LogP contribution in [0.4, 0.5) is 11.5 Å². The molecule has 2 aromatic carbocycles. The Morgan fingerprint density at radius 2 is 1.68 bits per heavy atom. The lowest BCUT2D eigenvalue weighted by molar-refractivity contribution is 0.415. The first kappa shape index (κ1) is 14.3. The van der Waals surface area contributed by atoms with Crippen molar-refractivity contribution in [2.45, 2.75) is 13.8 Å². The molecule has 3 rings (SSSR count). The number of aryl methyl sites for hydroxylation is 2. The number of benzene rings is 2. The van der Waals surface area contributed by atoms with Crippen LogP contribution in [0.5, 0.6) is 5.75 Å². The van der Waals surface area contributed by atoms with E-state index in [1.165, 1.54) is 5.56 Å². The molecule has 112 valence electrons. The topological polar surface area (TPSA) is 38.2 Å². The Bertz CT molecular complexity index is 807. The highest BCUT2D eigenvalue weighted by Crippen LogP contribution is 2.30. The molecule has 0 amide bonds. The van der Waals surface area contributed by atoms with Crippen molar-refractivity contribution in [2.24, 2.45) is 0 Å². The van der Waals surface area contributed by atoms with Crippen LogP contribution in [-0.4, -0.2) is 24.1 Å². The number of methoxy groups -OCH3 is 1. The van der Waals surface area contributed by atoms with Crippen molar-refractivity contribution in [1.82, 2.24) is 9.97 Å².